The fourth-order valence-corrected chi connectivity index (χ4v) is 1.56. The zero-order chi connectivity index (χ0) is 12.1. The first-order valence-electron chi connectivity index (χ1n) is 4.76. The van der Waals surface area contributed by atoms with Crippen LogP contribution in [0.4, 0.5) is 0 Å². The van der Waals surface area contributed by atoms with E-state index in [1.165, 1.54) is 0 Å². The van der Waals surface area contributed by atoms with Crippen molar-refractivity contribution in [3.63, 3.8) is 0 Å². The highest BCUT2D eigenvalue weighted by Gasteiger charge is 2.14. The van der Waals surface area contributed by atoms with Crippen molar-refractivity contribution in [1.82, 2.24) is 4.90 Å². The van der Waals surface area contributed by atoms with E-state index in [9.17, 15) is 0 Å². The number of hydrogen-bond donors (Lipinski definition) is 0. The second kappa shape index (κ2) is 4.87. The van der Waals surface area contributed by atoms with E-state index >= 15 is 0 Å². The highest BCUT2D eigenvalue weighted by atomic mass is 15.1. The van der Waals surface area contributed by atoms with Crippen LogP contribution in [0.2, 0.25) is 0 Å². The second-order valence-electron chi connectivity index (χ2n) is 3.42. The Morgan fingerprint density at radius 2 is 1.75 bits per heavy atom. The second-order valence-corrected chi connectivity index (χ2v) is 3.42. The Morgan fingerprint density at radius 3 is 2.12 bits per heavy atom. The van der Waals surface area contributed by atoms with Crippen LogP contribution < -0.4 is 0 Å². The van der Waals surface area contributed by atoms with Gasteiger partial charge in [0.15, 0.2) is 0 Å². The van der Waals surface area contributed by atoms with Crippen molar-refractivity contribution in [2.24, 2.45) is 0 Å². The molecule has 0 unspecified atom stereocenters. The maximum atomic E-state index is 8.79. The molecule has 1 rings (SSSR count). The molecule has 16 heavy (non-hydrogen) atoms. The van der Waals surface area contributed by atoms with Gasteiger partial charge < -0.3 is 4.90 Å². The topological polar surface area (TPSA) is 50.8 Å². The van der Waals surface area contributed by atoms with Crippen LogP contribution in [0.25, 0.3) is 0 Å². The molecule has 0 fully saturated rings. The van der Waals surface area contributed by atoms with Gasteiger partial charge >= 0.3 is 0 Å². The van der Waals surface area contributed by atoms with Gasteiger partial charge in [-0.1, -0.05) is 5.92 Å². The molecular formula is C13H11N3. The van der Waals surface area contributed by atoms with Gasteiger partial charge in [-0.15, -0.1) is 6.42 Å². The monoisotopic (exact) mass is 209 g/mol. The molecule has 78 valence electrons. The lowest BCUT2D eigenvalue weighted by molar-refractivity contribution is 0.476. The molecular weight excluding hydrogens is 198 g/mol. The minimum Gasteiger partial charge on any atom is -0.338 e. The Morgan fingerprint density at radius 1 is 1.25 bits per heavy atom. The number of rotatable bonds is 1. The molecule has 0 aromatic heterocycles. The first kappa shape index (κ1) is 11.6. The predicted octanol–water partition coefficient (Wildman–Crippen LogP) is 2.09. The summed E-state index contributed by atoms with van der Waals surface area (Å²) >= 11 is 0. The minimum absolute atomic E-state index is 0.124. The van der Waals surface area contributed by atoms with Crippen LogP contribution in [0.1, 0.15) is 13.8 Å². The summed E-state index contributed by atoms with van der Waals surface area (Å²) in [5.41, 5.74) is 2.65. The van der Waals surface area contributed by atoms with Crippen LogP contribution in [0, 0.1) is 35.0 Å². The van der Waals surface area contributed by atoms with Crippen LogP contribution in [0.5, 0.6) is 0 Å². The molecule has 1 aliphatic heterocycles. The Kier molecular flexibility index (Phi) is 3.54. The minimum atomic E-state index is 0.124. The third kappa shape index (κ3) is 2.14. The van der Waals surface area contributed by atoms with Crippen molar-refractivity contribution in [3.8, 4) is 24.5 Å². The Balaban J connectivity index is 3.21. The van der Waals surface area contributed by atoms with Crippen molar-refractivity contribution in [2.45, 2.75) is 13.8 Å². The fraction of sp³-hybridized carbons (Fsp3) is 0.231. The average molecular weight is 209 g/mol. The number of terminal acetylenes is 1. The van der Waals surface area contributed by atoms with E-state index in [-0.39, 0.29) is 5.57 Å². The van der Waals surface area contributed by atoms with Gasteiger partial charge in [0.2, 0.25) is 0 Å². The molecule has 0 spiro atoms. The third-order valence-electron chi connectivity index (χ3n) is 2.34. The van der Waals surface area contributed by atoms with Crippen molar-refractivity contribution >= 4 is 0 Å². The van der Waals surface area contributed by atoms with Crippen molar-refractivity contribution in [2.75, 3.05) is 6.54 Å². The van der Waals surface area contributed by atoms with Crippen LogP contribution in [0.15, 0.2) is 34.7 Å². The maximum absolute atomic E-state index is 8.79. The lowest BCUT2D eigenvalue weighted by atomic mass is 10.0. The summed E-state index contributed by atoms with van der Waals surface area (Å²) in [6, 6.07) is 3.76. The van der Waals surface area contributed by atoms with E-state index < -0.39 is 0 Å². The van der Waals surface area contributed by atoms with Gasteiger partial charge in [0, 0.05) is 17.0 Å². The quantitative estimate of drug-likeness (QED) is 0.490. The van der Waals surface area contributed by atoms with Gasteiger partial charge in [-0.3, -0.25) is 0 Å². The molecule has 0 radical (unpaired) electrons. The summed E-state index contributed by atoms with van der Waals surface area (Å²) in [4.78, 5) is 1.95. The molecule has 0 aromatic carbocycles. The van der Waals surface area contributed by atoms with Crippen LogP contribution in [-0.4, -0.2) is 11.4 Å². The standard InChI is InChI=1S/C13H11N3/c1-4-5-16-10(2)6-12(7-11(16)3)13(8-14)9-15/h1,6-7H,5H2,2-3H3. The first-order chi connectivity index (χ1) is 7.63. The lowest BCUT2D eigenvalue weighted by Gasteiger charge is -2.27. The smallest absolute Gasteiger partial charge is 0.137 e. The zero-order valence-corrected chi connectivity index (χ0v) is 9.28. The highest BCUT2D eigenvalue weighted by Crippen LogP contribution is 2.23. The van der Waals surface area contributed by atoms with Crippen molar-refractivity contribution in [1.29, 1.82) is 10.5 Å². The Hall–Kier alpha value is -2.44. The van der Waals surface area contributed by atoms with Crippen molar-refractivity contribution in [3.05, 3.63) is 34.7 Å². The van der Waals surface area contributed by atoms with Gasteiger partial charge in [0.05, 0.1) is 6.54 Å². The molecule has 0 aromatic rings. The Bertz CT molecular complexity index is 475. The van der Waals surface area contributed by atoms with Gasteiger partial charge in [-0.2, -0.15) is 10.5 Å². The van der Waals surface area contributed by atoms with Crippen LogP contribution >= 0.6 is 0 Å². The van der Waals surface area contributed by atoms with E-state index in [2.05, 4.69) is 5.92 Å². The van der Waals surface area contributed by atoms with E-state index in [1.54, 1.807) is 12.2 Å². The van der Waals surface area contributed by atoms with Crippen LogP contribution in [-0.2, 0) is 0 Å². The molecule has 0 atom stereocenters. The third-order valence-corrected chi connectivity index (χ3v) is 2.34. The molecule has 0 aliphatic carbocycles. The molecule has 0 saturated carbocycles. The maximum Gasteiger partial charge on any atom is 0.137 e. The normalized spacial score (nSPS) is 14.2. The molecule has 0 saturated heterocycles. The van der Waals surface area contributed by atoms with Gasteiger partial charge in [-0.05, 0) is 26.0 Å². The predicted molar refractivity (Wildman–Crippen MR) is 61.3 cm³/mol. The molecule has 0 N–H and O–H groups in total. The SMILES string of the molecule is C#CCN1C(C)=CC(=C(C#N)C#N)C=C1C. The first-order valence-corrected chi connectivity index (χ1v) is 4.76. The molecule has 0 amide bonds. The van der Waals surface area contributed by atoms with Gasteiger partial charge in [0.25, 0.3) is 0 Å². The summed E-state index contributed by atoms with van der Waals surface area (Å²) in [6.45, 7) is 4.30. The van der Waals surface area contributed by atoms with Crippen molar-refractivity contribution < 1.29 is 0 Å². The molecule has 0 bridgehead atoms. The van der Waals surface area contributed by atoms with E-state index in [1.807, 2.05) is 30.9 Å². The fourth-order valence-electron chi connectivity index (χ4n) is 1.56. The van der Waals surface area contributed by atoms with E-state index in [0.29, 0.717) is 12.1 Å². The van der Waals surface area contributed by atoms with Crippen LogP contribution in [0.3, 0.4) is 0 Å². The summed E-state index contributed by atoms with van der Waals surface area (Å²) in [6.07, 6.45) is 8.86. The zero-order valence-electron chi connectivity index (χ0n) is 9.28. The summed E-state index contributed by atoms with van der Waals surface area (Å²) < 4.78 is 0. The summed E-state index contributed by atoms with van der Waals surface area (Å²) in [5, 5.41) is 17.6. The lowest BCUT2D eigenvalue weighted by Crippen LogP contribution is -2.22. The summed E-state index contributed by atoms with van der Waals surface area (Å²) in [5.74, 6) is 2.57. The molecule has 3 nitrogen and oxygen atoms in total. The van der Waals surface area contributed by atoms with Gasteiger partial charge in [0.1, 0.15) is 17.7 Å². The Labute approximate surface area is 95.6 Å². The van der Waals surface area contributed by atoms with E-state index in [0.717, 1.165) is 11.4 Å². The average Bonchev–Trinajstić information content (AvgIpc) is 2.25. The molecule has 1 aliphatic rings. The molecule has 1 heterocycles. The number of nitrogens with zero attached hydrogens (tertiary/aromatic N) is 3. The number of hydrogen-bond acceptors (Lipinski definition) is 3. The van der Waals surface area contributed by atoms with Gasteiger partial charge in [-0.25, -0.2) is 0 Å². The largest absolute Gasteiger partial charge is 0.338 e. The molecule has 3 heteroatoms. The summed E-state index contributed by atoms with van der Waals surface area (Å²) in [7, 11) is 0. The highest BCUT2D eigenvalue weighted by molar-refractivity contribution is 5.53. The number of allylic oxidation sites excluding steroid dienone is 6. The van der Waals surface area contributed by atoms with E-state index in [4.69, 9.17) is 16.9 Å². The number of nitriles is 2.